The van der Waals surface area contributed by atoms with Crippen LogP contribution in [0.4, 0.5) is 13.2 Å². The van der Waals surface area contributed by atoms with E-state index in [2.05, 4.69) is 10.1 Å². The van der Waals surface area contributed by atoms with Crippen LogP contribution in [0.5, 0.6) is 0 Å². The van der Waals surface area contributed by atoms with Crippen LogP contribution < -0.4 is 5.73 Å². The molecule has 0 fully saturated rings. The first-order valence-electron chi connectivity index (χ1n) is 8.70. The molecular weight excluding hydrogens is 437 g/mol. The van der Waals surface area contributed by atoms with Crippen molar-refractivity contribution in [3.05, 3.63) is 65.3 Å². The second-order valence-corrected chi connectivity index (χ2v) is 6.90. The Morgan fingerprint density at radius 2 is 1.78 bits per heavy atom. The van der Waals surface area contributed by atoms with Crippen LogP contribution in [0.25, 0.3) is 5.82 Å². The second-order valence-electron chi connectivity index (χ2n) is 6.90. The van der Waals surface area contributed by atoms with E-state index in [1.807, 2.05) is 0 Å². The lowest BCUT2D eigenvalue weighted by molar-refractivity contribution is -0.145. The number of carbonyl (C=O) groups is 3. The van der Waals surface area contributed by atoms with Crippen LogP contribution in [0.1, 0.15) is 29.3 Å². The van der Waals surface area contributed by atoms with E-state index in [9.17, 15) is 27.6 Å². The Balaban J connectivity index is 0.000000235. The van der Waals surface area contributed by atoms with Gasteiger partial charge in [-0.2, -0.15) is 18.3 Å². The van der Waals surface area contributed by atoms with Gasteiger partial charge in [-0.3, -0.25) is 4.79 Å². The zero-order chi connectivity index (χ0) is 24.3. The van der Waals surface area contributed by atoms with Crippen LogP contribution in [-0.2, 0) is 15.8 Å². The maximum absolute atomic E-state index is 12.3. The van der Waals surface area contributed by atoms with Crippen molar-refractivity contribution in [1.29, 1.82) is 0 Å². The van der Waals surface area contributed by atoms with Gasteiger partial charge in [-0.1, -0.05) is 0 Å². The van der Waals surface area contributed by atoms with Gasteiger partial charge in [0.1, 0.15) is 0 Å². The van der Waals surface area contributed by atoms with E-state index >= 15 is 0 Å². The average Bonchev–Trinajstić information content (AvgIpc) is 3.18. The molecule has 0 amide bonds. The topological polar surface area (TPSA) is 169 Å². The van der Waals surface area contributed by atoms with Crippen molar-refractivity contribution < 1.29 is 42.9 Å². The molecule has 2 heterocycles. The maximum atomic E-state index is 12.3. The van der Waals surface area contributed by atoms with Gasteiger partial charge in [0.25, 0.3) is 0 Å². The van der Waals surface area contributed by atoms with Crippen molar-refractivity contribution in [2.75, 3.05) is 0 Å². The highest BCUT2D eigenvalue weighted by Gasteiger charge is 2.36. The zero-order valence-electron chi connectivity index (χ0n) is 16.4. The Kier molecular flexibility index (Phi) is 6.72. The summed E-state index contributed by atoms with van der Waals surface area (Å²) >= 11 is 0. The quantitative estimate of drug-likeness (QED) is 0.541. The molecule has 1 aliphatic carbocycles. The van der Waals surface area contributed by atoms with E-state index in [1.165, 1.54) is 19.1 Å². The molecule has 0 aromatic carbocycles. The van der Waals surface area contributed by atoms with Gasteiger partial charge >= 0.3 is 24.1 Å². The summed E-state index contributed by atoms with van der Waals surface area (Å²) in [5.74, 6) is -3.27. The third-order valence-corrected chi connectivity index (χ3v) is 4.29. The number of pyridine rings is 1. The van der Waals surface area contributed by atoms with E-state index in [4.69, 9.17) is 21.1 Å². The fourth-order valence-corrected chi connectivity index (χ4v) is 2.63. The molecule has 0 bridgehead atoms. The Bertz CT molecular complexity index is 1110. The fourth-order valence-electron chi connectivity index (χ4n) is 2.63. The molecule has 0 saturated heterocycles. The van der Waals surface area contributed by atoms with Gasteiger partial charge in [0.2, 0.25) is 0 Å². The number of rotatable bonds is 4. The van der Waals surface area contributed by atoms with Gasteiger partial charge in [0.15, 0.2) is 5.82 Å². The first-order chi connectivity index (χ1) is 14.7. The summed E-state index contributed by atoms with van der Waals surface area (Å²) in [4.78, 5) is 35.7. The van der Waals surface area contributed by atoms with Gasteiger partial charge in [0.05, 0.1) is 22.7 Å². The highest BCUT2D eigenvalue weighted by Crippen LogP contribution is 2.33. The highest BCUT2D eigenvalue weighted by molar-refractivity contribution is 5.90. The summed E-state index contributed by atoms with van der Waals surface area (Å²) in [6.07, 6.45) is 1.06. The van der Waals surface area contributed by atoms with Gasteiger partial charge in [-0.05, 0) is 37.6 Å². The zero-order valence-corrected chi connectivity index (χ0v) is 16.4. The maximum Gasteiger partial charge on any atom is 0.417 e. The number of carboxylic acid groups (broad SMARTS) is 3. The number of carboxylic acids is 3. The van der Waals surface area contributed by atoms with E-state index in [-0.39, 0.29) is 29.1 Å². The van der Waals surface area contributed by atoms with Crippen LogP contribution in [0.3, 0.4) is 0 Å². The smallest absolute Gasteiger partial charge is 0.417 e. The van der Waals surface area contributed by atoms with Crippen LogP contribution in [-0.4, -0.2) is 48.0 Å². The molecule has 5 N–H and O–H groups in total. The number of hydrogen-bond acceptors (Lipinski definition) is 6. The molecule has 1 unspecified atom stereocenters. The number of aliphatic carboxylic acids is 2. The van der Waals surface area contributed by atoms with Crippen LogP contribution in [0.2, 0.25) is 0 Å². The van der Waals surface area contributed by atoms with E-state index in [0.29, 0.717) is 6.20 Å². The molecule has 0 spiro atoms. The lowest BCUT2D eigenvalue weighted by Gasteiger charge is -2.24. The van der Waals surface area contributed by atoms with Crippen molar-refractivity contribution in [3.8, 4) is 5.82 Å². The van der Waals surface area contributed by atoms with Crippen molar-refractivity contribution in [1.82, 2.24) is 14.8 Å². The lowest BCUT2D eigenvalue weighted by atomic mass is 9.79. The Labute approximate surface area is 178 Å². The molecule has 2 aromatic rings. The Morgan fingerprint density at radius 3 is 2.22 bits per heavy atom. The van der Waals surface area contributed by atoms with Crippen molar-refractivity contribution in [2.24, 2.45) is 11.1 Å². The molecule has 2 aromatic heterocycles. The molecule has 0 aliphatic heterocycles. The predicted molar refractivity (Wildman–Crippen MR) is 102 cm³/mol. The minimum atomic E-state index is -4.46. The fraction of sp³-hybridized carbons (Fsp3) is 0.211. The third kappa shape index (κ3) is 5.71. The molecule has 0 radical (unpaired) electrons. The Morgan fingerprint density at radius 1 is 1.12 bits per heavy atom. The number of nitrogens with zero attached hydrogens (tertiary/aromatic N) is 3. The normalized spacial score (nSPS) is 18.0. The minimum Gasteiger partial charge on any atom is -0.481 e. The molecule has 170 valence electrons. The first kappa shape index (κ1) is 24.1. The van der Waals surface area contributed by atoms with Crippen LogP contribution in [0, 0.1) is 5.41 Å². The summed E-state index contributed by atoms with van der Waals surface area (Å²) < 4.78 is 38.0. The number of hydrogen-bond donors (Lipinski definition) is 4. The molecule has 3 rings (SSSR count). The van der Waals surface area contributed by atoms with E-state index < -0.39 is 35.1 Å². The second kappa shape index (κ2) is 8.91. The number of halogens is 3. The van der Waals surface area contributed by atoms with Crippen molar-refractivity contribution in [3.63, 3.8) is 0 Å². The van der Waals surface area contributed by atoms with Gasteiger partial charge in [0, 0.05) is 23.7 Å². The van der Waals surface area contributed by atoms with E-state index in [0.717, 1.165) is 29.2 Å². The number of allylic oxidation sites excluding steroid dienone is 1. The highest BCUT2D eigenvalue weighted by atomic mass is 19.4. The third-order valence-electron chi connectivity index (χ3n) is 4.29. The first-order valence-corrected chi connectivity index (χ1v) is 8.70. The van der Waals surface area contributed by atoms with Gasteiger partial charge in [-0.25, -0.2) is 19.3 Å². The summed E-state index contributed by atoms with van der Waals surface area (Å²) in [6, 6.07) is 1.96. The van der Waals surface area contributed by atoms with Gasteiger partial charge in [-0.15, -0.1) is 0 Å². The predicted octanol–water partition coefficient (Wildman–Crippen LogP) is 2.32. The summed E-state index contributed by atoms with van der Waals surface area (Å²) in [6.45, 7) is 1.44. The van der Waals surface area contributed by atoms with E-state index in [1.54, 1.807) is 0 Å². The lowest BCUT2D eigenvalue weighted by Crippen LogP contribution is -2.30. The summed E-state index contributed by atoms with van der Waals surface area (Å²) in [5, 5.41) is 30.0. The van der Waals surface area contributed by atoms with Crippen molar-refractivity contribution >= 4 is 17.9 Å². The van der Waals surface area contributed by atoms with Crippen molar-refractivity contribution in [2.45, 2.75) is 19.5 Å². The largest absolute Gasteiger partial charge is 0.481 e. The number of nitrogens with two attached hydrogens (primary N) is 1. The molecule has 10 nitrogen and oxygen atoms in total. The van der Waals surface area contributed by atoms with Crippen LogP contribution in [0.15, 0.2) is 54.1 Å². The molecule has 0 saturated carbocycles. The number of aromatic nitrogens is 3. The molecule has 32 heavy (non-hydrogen) atoms. The van der Waals surface area contributed by atoms with Crippen LogP contribution >= 0.6 is 0 Å². The summed E-state index contributed by atoms with van der Waals surface area (Å²) in [7, 11) is 0. The number of aromatic carboxylic acids is 1. The average molecular weight is 454 g/mol. The molecule has 13 heteroatoms. The molecule has 1 aliphatic rings. The SMILES string of the molecule is CC1(C(=O)O)C=C(N)C=C(C(=O)O)C1.O=C(O)c1cnn(-c2ccc(C(F)(F)F)cn2)c1. The monoisotopic (exact) mass is 454 g/mol. The number of alkyl halides is 3. The standard InChI is InChI=1S/C10H6F3N3O2.C9H11NO4/c11-10(12,13)7-1-2-8(14-4-7)16-5-6(3-15-16)9(17)18;1-9(8(13)14)3-5(7(11)12)2-6(10)4-9/h1-5H,(H,17,18);2,4H,3,10H2,1H3,(H,11,12)(H,13,14). The molecular formula is C19H17F3N4O6. The summed E-state index contributed by atoms with van der Waals surface area (Å²) in [5.41, 5.74) is 3.47. The minimum absolute atomic E-state index is 0.0231. The molecule has 1 atom stereocenters. The Hall–Kier alpha value is -4.16. The van der Waals surface area contributed by atoms with Gasteiger partial charge < -0.3 is 21.1 Å².